The first kappa shape index (κ1) is 22.3. The van der Waals surface area contributed by atoms with E-state index in [1.807, 2.05) is 61.5 Å². The normalized spacial score (nSPS) is 11.2. The molecule has 0 saturated carbocycles. The van der Waals surface area contributed by atoms with Gasteiger partial charge in [0.05, 0.1) is 17.6 Å². The zero-order valence-corrected chi connectivity index (χ0v) is 18.6. The van der Waals surface area contributed by atoms with E-state index in [9.17, 15) is 13.2 Å². The van der Waals surface area contributed by atoms with E-state index in [2.05, 4.69) is 15.6 Å². The van der Waals surface area contributed by atoms with E-state index in [0.29, 0.717) is 11.4 Å². The average Bonchev–Trinajstić information content (AvgIpc) is 2.73. The number of hydrogen-bond acceptors (Lipinski definition) is 5. The van der Waals surface area contributed by atoms with E-state index >= 15 is 0 Å². The van der Waals surface area contributed by atoms with Crippen molar-refractivity contribution in [2.45, 2.75) is 33.4 Å². The molecule has 7 nitrogen and oxygen atoms in total. The van der Waals surface area contributed by atoms with Crippen molar-refractivity contribution in [3.63, 3.8) is 0 Å². The van der Waals surface area contributed by atoms with Gasteiger partial charge in [-0.25, -0.2) is 0 Å². The maximum absolute atomic E-state index is 13.2. The Hall–Kier alpha value is -3.39. The molecule has 1 heterocycles. The number of nitrogens with zero attached hydrogens (tertiary/aromatic N) is 2. The molecule has 0 aliphatic carbocycles. The van der Waals surface area contributed by atoms with Crippen LogP contribution in [-0.4, -0.2) is 24.7 Å². The Morgan fingerprint density at radius 2 is 1.81 bits per heavy atom. The standard InChI is InChI=1S/C23H26N4O3S/c1-17(2)27(31(29,30)23(28)25-15-19-9-5-4-6-10-19)22-16-24-13-12-21(22)26-20-11-7-8-18(3)14-20/h4-14,16-17H,15H2,1-3H3,(H,24,26)(H,25,28). The topological polar surface area (TPSA) is 91.4 Å². The Bertz CT molecular complexity index is 1150. The first-order valence-electron chi connectivity index (χ1n) is 9.93. The third-order valence-corrected chi connectivity index (χ3v) is 6.33. The fourth-order valence-electron chi connectivity index (χ4n) is 3.18. The van der Waals surface area contributed by atoms with Crippen molar-refractivity contribution in [3.8, 4) is 0 Å². The Morgan fingerprint density at radius 3 is 2.48 bits per heavy atom. The number of anilines is 3. The van der Waals surface area contributed by atoms with Crippen molar-refractivity contribution in [1.29, 1.82) is 0 Å². The summed E-state index contributed by atoms with van der Waals surface area (Å²) in [6.45, 7) is 5.52. The molecule has 0 spiro atoms. The number of rotatable bonds is 7. The fourth-order valence-corrected chi connectivity index (χ4v) is 4.57. The van der Waals surface area contributed by atoms with Gasteiger partial charge in [-0.2, -0.15) is 8.42 Å². The van der Waals surface area contributed by atoms with Crippen molar-refractivity contribution in [1.82, 2.24) is 10.3 Å². The third kappa shape index (κ3) is 5.40. The van der Waals surface area contributed by atoms with Crippen LogP contribution in [0.2, 0.25) is 0 Å². The van der Waals surface area contributed by atoms with Gasteiger partial charge in [0.2, 0.25) is 0 Å². The number of pyridine rings is 1. The van der Waals surface area contributed by atoms with Gasteiger partial charge >= 0.3 is 15.3 Å². The largest absolute Gasteiger partial charge is 0.357 e. The lowest BCUT2D eigenvalue weighted by molar-refractivity contribution is 0.258. The first-order chi connectivity index (χ1) is 14.8. The van der Waals surface area contributed by atoms with Crippen molar-refractivity contribution in [2.75, 3.05) is 9.62 Å². The number of nitrogens with one attached hydrogen (secondary N) is 2. The summed E-state index contributed by atoms with van der Waals surface area (Å²) >= 11 is 0. The van der Waals surface area contributed by atoms with Crippen LogP contribution < -0.4 is 14.9 Å². The van der Waals surface area contributed by atoms with Gasteiger partial charge in [-0.3, -0.25) is 14.1 Å². The van der Waals surface area contributed by atoms with Crippen LogP contribution in [0.5, 0.6) is 0 Å². The van der Waals surface area contributed by atoms with Crippen LogP contribution in [0, 0.1) is 6.92 Å². The van der Waals surface area contributed by atoms with Crippen LogP contribution in [0.25, 0.3) is 0 Å². The zero-order chi connectivity index (χ0) is 22.4. The Balaban J connectivity index is 1.90. The van der Waals surface area contributed by atoms with Crippen LogP contribution in [-0.2, 0) is 16.6 Å². The van der Waals surface area contributed by atoms with Gasteiger partial charge in [-0.15, -0.1) is 0 Å². The summed E-state index contributed by atoms with van der Waals surface area (Å²) in [5, 5.41) is 4.69. The Kier molecular flexibility index (Phi) is 6.91. The molecule has 0 bridgehead atoms. The predicted octanol–water partition coefficient (Wildman–Crippen LogP) is 4.59. The molecule has 3 rings (SSSR count). The van der Waals surface area contributed by atoms with Gasteiger partial charge in [0.1, 0.15) is 0 Å². The van der Waals surface area contributed by atoms with Crippen molar-refractivity contribution in [2.24, 2.45) is 0 Å². The lowest BCUT2D eigenvalue weighted by Crippen LogP contribution is -2.45. The van der Waals surface area contributed by atoms with E-state index in [0.717, 1.165) is 21.1 Å². The van der Waals surface area contributed by atoms with E-state index in [1.54, 1.807) is 26.1 Å². The summed E-state index contributed by atoms with van der Waals surface area (Å²) in [7, 11) is -4.34. The molecule has 1 amide bonds. The first-order valence-corrected chi connectivity index (χ1v) is 11.4. The monoisotopic (exact) mass is 438 g/mol. The second kappa shape index (κ2) is 9.61. The molecule has 0 atom stereocenters. The molecule has 2 aromatic carbocycles. The number of sulfonamides is 1. The molecule has 0 saturated heterocycles. The minimum Gasteiger partial charge on any atom is -0.354 e. The Morgan fingerprint density at radius 1 is 1.06 bits per heavy atom. The van der Waals surface area contributed by atoms with Gasteiger partial charge in [0, 0.05) is 24.5 Å². The number of amides is 1. The molecule has 162 valence electrons. The lowest BCUT2D eigenvalue weighted by Gasteiger charge is -2.29. The molecule has 2 N–H and O–H groups in total. The molecule has 3 aromatic rings. The second-order valence-electron chi connectivity index (χ2n) is 7.41. The van der Waals surface area contributed by atoms with Crippen LogP contribution in [0.15, 0.2) is 73.1 Å². The molecule has 31 heavy (non-hydrogen) atoms. The average molecular weight is 439 g/mol. The fraction of sp³-hybridized carbons (Fsp3) is 0.217. The Labute approximate surface area is 183 Å². The number of benzene rings is 2. The minimum atomic E-state index is -4.34. The number of carbonyl (C=O) groups excluding carboxylic acids is 1. The van der Waals surface area contributed by atoms with Crippen LogP contribution in [0.3, 0.4) is 0 Å². The van der Waals surface area contributed by atoms with E-state index < -0.39 is 21.3 Å². The molecule has 0 radical (unpaired) electrons. The summed E-state index contributed by atoms with van der Waals surface area (Å²) in [5.41, 5.74) is 3.52. The zero-order valence-electron chi connectivity index (χ0n) is 17.7. The van der Waals surface area contributed by atoms with Crippen molar-refractivity contribution >= 4 is 32.3 Å². The van der Waals surface area contributed by atoms with Gasteiger partial charge in [0.25, 0.3) is 0 Å². The van der Waals surface area contributed by atoms with Crippen LogP contribution in [0.1, 0.15) is 25.0 Å². The summed E-state index contributed by atoms with van der Waals surface area (Å²) in [5.74, 6) is 0. The molecule has 0 aliphatic heterocycles. The van der Waals surface area contributed by atoms with Gasteiger partial charge in [-0.1, -0.05) is 42.5 Å². The number of carbonyl (C=O) groups is 1. The highest BCUT2D eigenvalue weighted by atomic mass is 32.2. The lowest BCUT2D eigenvalue weighted by atomic mass is 10.2. The summed E-state index contributed by atoms with van der Waals surface area (Å²) < 4.78 is 27.5. The molecule has 8 heteroatoms. The maximum Gasteiger partial charge on any atom is 0.357 e. The summed E-state index contributed by atoms with van der Waals surface area (Å²) in [6.07, 6.45) is 3.02. The highest BCUT2D eigenvalue weighted by molar-refractivity contribution is 8.07. The van der Waals surface area contributed by atoms with Gasteiger partial charge in [-0.05, 0) is 50.1 Å². The molecular weight excluding hydrogens is 412 g/mol. The summed E-state index contributed by atoms with van der Waals surface area (Å²) in [6, 6.07) is 18.0. The molecule has 1 aromatic heterocycles. The molecular formula is C23H26N4O3S. The second-order valence-corrected chi connectivity index (χ2v) is 9.12. The highest BCUT2D eigenvalue weighted by Crippen LogP contribution is 2.31. The minimum absolute atomic E-state index is 0.117. The number of aromatic nitrogens is 1. The van der Waals surface area contributed by atoms with E-state index in [4.69, 9.17) is 0 Å². The van der Waals surface area contributed by atoms with Crippen molar-refractivity contribution < 1.29 is 13.2 Å². The number of aryl methyl sites for hydroxylation is 1. The van der Waals surface area contributed by atoms with E-state index in [-0.39, 0.29) is 6.54 Å². The smallest absolute Gasteiger partial charge is 0.354 e. The van der Waals surface area contributed by atoms with Crippen molar-refractivity contribution in [3.05, 3.63) is 84.2 Å². The third-order valence-electron chi connectivity index (χ3n) is 4.58. The van der Waals surface area contributed by atoms with E-state index in [1.165, 1.54) is 6.20 Å². The quantitative estimate of drug-likeness (QED) is 0.563. The molecule has 0 fully saturated rings. The molecule has 0 unspecified atom stereocenters. The van der Waals surface area contributed by atoms with Crippen LogP contribution in [0.4, 0.5) is 21.9 Å². The molecule has 0 aliphatic rings. The predicted molar refractivity (Wildman–Crippen MR) is 124 cm³/mol. The van der Waals surface area contributed by atoms with Gasteiger partial charge < -0.3 is 10.6 Å². The SMILES string of the molecule is Cc1cccc(Nc2ccncc2N(C(C)C)S(=O)(=O)C(=O)NCc2ccccc2)c1. The van der Waals surface area contributed by atoms with Gasteiger partial charge in [0.15, 0.2) is 0 Å². The summed E-state index contributed by atoms with van der Waals surface area (Å²) in [4.78, 5) is 16.8. The van der Waals surface area contributed by atoms with Crippen LogP contribution >= 0.6 is 0 Å². The maximum atomic E-state index is 13.2. The number of hydrogen-bond donors (Lipinski definition) is 2. The highest BCUT2D eigenvalue weighted by Gasteiger charge is 2.34.